The fourth-order valence-corrected chi connectivity index (χ4v) is 4.22. The Labute approximate surface area is 189 Å². The molecule has 32 heavy (non-hydrogen) atoms. The van der Waals surface area contributed by atoms with Crippen LogP contribution in [0.5, 0.6) is 5.75 Å². The summed E-state index contributed by atoms with van der Waals surface area (Å²) in [6.45, 7) is 9.55. The normalized spacial score (nSPS) is 12.2. The van der Waals surface area contributed by atoms with Gasteiger partial charge in [-0.2, -0.15) is 0 Å². The highest BCUT2D eigenvalue weighted by Crippen LogP contribution is 2.25. The highest BCUT2D eigenvalue weighted by molar-refractivity contribution is 7.92. The molecule has 0 aliphatic rings. The number of rotatable bonds is 7. The van der Waals surface area contributed by atoms with Crippen molar-refractivity contribution >= 4 is 27.3 Å². The van der Waals surface area contributed by atoms with Gasteiger partial charge in [0.05, 0.1) is 4.90 Å². The lowest BCUT2D eigenvalue weighted by Crippen LogP contribution is -2.30. The van der Waals surface area contributed by atoms with Crippen molar-refractivity contribution in [2.24, 2.45) is 0 Å². The Kier molecular flexibility index (Phi) is 6.89. The van der Waals surface area contributed by atoms with Crippen molar-refractivity contribution in [2.75, 3.05) is 10.0 Å². The van der Waals surface area contributed by atoms with Crippen molar-refractivity contribution in [3.05, 3.63) is 82.9 Å². The number of anilines is 2. The summed E-state index contributed by atoms with van der Waals surface area (Å²) in [7, 11) is -3.73. The molecular weight excluding hydrogens is 424 g/mol. The van der Waals surface area contributed by atoms with Crippen LogP contribution < -0.4 is 14.8 Å². The van der Waals surface area contributed by atoms with E-state index in [1.165, 1.54) is 12.1 Å². The van der Waals surface area contributed by atoms with Crippen molar-refractivity contribution in [3.8, 4) is 5.75 Å². The van der Waals surface area contributed by atoms with Crippen molar-refractivity contribution in [1.29, 1.82) is 0 Å². The van der Waals surface area contributed by atoms with E-state index in [0.29, 0.717) is 17.1 Å². The van der Waals surface area contributed by atoms with Crippen LogP contribution in [-0.2, 0) is 14.8 Å². The summed E-state index contributed by atoms with van der Waals surface area (Å²) in [6.07, 6.45) is -0.721. The Morgan fingerprint density at radius 2 is 1.44 bits per heavy atom. The second-order valence-electron chi connectivity index (χ2n) is 7.95. The van der Waals surface area contributed by atoms with Crippen LogP contribution in [0.3, 0.4) is 0 Å². The standard InChI is InChI=1S/C25H28N2O4S/c1-16-6-8-22(9-7-16)27-32(29,30)23-12-10-21(11-13-23)26-25(28)20(5)31-24-15-17(2)14-18(3)19(24)4/h6-15,20,27H,1-5H3,(H,26,28). The Morgan fingerprint density at radius 1 is 0.844 bits per heavy atom. The van der Waals surface area contributed by atoms with E-state index < -0.39 is 16.1 Å². The first-order chi connectivity index (χ1) is 15.0. The number of aryl methyl sites for hydroxylation is 3. The van der Waals surface area contributed by atoms with Crippen LogP contribution in [0.15, 0.2) is 65.6 Å². The Morgan fingerprint density at radius 3 is 2.06 bits per heavy atom. The van der Waals surface area contributed by atoms with Gasteiger partial charge >= 0.3 is 0 Å². The largest absolute Gasteiger partial charge is 0.481 e. The smallest absolute Gasteiger partial charge is 0.265 e. The molecule has 0 saturated carbocycles. The van der Waals surface area contributed by atoms with Gasteiger partial charge in [0.25, 0.3) is 15.9 Å². The van der Waals surface area contributed by atoms with E-state index in [4.69, 9.17) is 4.74 Å². The molecule has 1 atom stereocenters. The van der Waals surface area contributed by atoms with Crippen LogP contribution in [0.1, 0.15) is 29.2 Å². The first-order valence-corrected chi connectivity index (χ1v) is 11.8. The lowest BCUT2D eigenvalue weighted by Gasteiger charge is -2.18. The number of carbonyl (C=O) groups excluding carboxylic acids is 1. The van der Waals surface area contributed by atoms with Crippen molar-refractivity contribution < 1.29 is 17.9 Å². The molecular formula is C25H28N2O4S. The minimum absolute atomic E-state index is 0.103. The number of nitrogens with one attached hydrogen (secondary N) is 2. The van der Waals surface area contributed by atoms with Gasteiger partial charge in [0, 0.05) is 11.4 Å². The number of amides is 1. The molecule has 3 aromatic carbocycles. The summed E-state index contributed by atoms with van der Waals surface area (Å²) in [4.78, 5) is 12.7. The minimum Gasteiger partial charge on any atom is -0.481 e. The van der Waals surface area contributed by atoms with E-state index in [1.807, 2.05) is 45.9 Å². The van der Waals surface area contributed by atoms with Crippen LogP contribution in [0.2, 0.25) is 0 Å². The third-order valence-electron chi connectivity index (χ3n) is 5.17. The molecule has 168 valence electrons. The molecule has 1 amide bonds. The molecule has 0 aromatic heterocycles. The molecule has 0 bridgehead atoms. The van der Waals surface area contributed by atoms with Gasteiger partial charge in [-0.15, -0.1) is 0 Å². The second-order valence-corrected chi connectivity index (χ2v) is 9.63. The van der Waals surface area contributed by atoms with Gasteiger partial charge in [0.2, 0.25) is 0 Å². The Balaban J connectivity index is 1.66. The minimum atomic E-state index is -3.73. The molecule has 0 spiro atoms. The number of benzene rings is 3. The molecule has 0 radical (unpaired) electrons. The average Bonchev–Trinajstić information content (AvgIpc) is 2.73. The highest BCUT2D eigenvalue weighted by Gasteiger charge is 2.18. The predicted octanol–water partition coefficient (Wildman–Crippen LogP) is 5.13. The monoisotopic (exact) mass is 452 g/mol. The number of ether oxygens (including phenoxy) is 1. The van der Waals surface area contributed by atoms with E-state index in [0.717, 1.165) is 22.3 Å². The number of carbonyl (C=O) groups is 1. The third kappa shape index (κ3) is 5.68. The highest BCUT2D eigenvalue weighted by atomic mass is 32.2. The average molecular weight is 453 g/mol. The topological polar surface area (TPSA) is 84.5 Å². The van der Waals surface area contributed by atoms with E-state index >= 15 is 0 Å². The van der Waals surface area contributed by atoms with Gasteiger partial charge < -0.3 is 10.1 Å². The van der Waals surface area contributed by atoms with Crippen molar-refractivity contribution in [3.63, 3.8) is 0 Å². The molecule has 3 rings (SSSR count). The molecule has 0 saturated heterocycles. The summed E-state index contributed by atoms with van der Waals surface area (Å²) in [5.74, 6) is 0.353. The second kappa shape index (κ2) is 9.44. The zero-order valence-corrected chi connectivity index (χ0v) is 19.7. The quantitative estimate of drug-likeness (QED) is 0.521. The molecule has 6 nitrogen and oxygen atoms in total. The summed E-state index contributed by atoms with van der Waals surface area (Å²) in [5, 5.41) is 2.77. The Bertz CT molecular complexity index is 1220. The van der Waals surface area contributed by atoms with E-state index in [2.05, 4.69) is 16.1 Å². The van der Waals surface area contributed by atoms with Crippen LogP contribution in [0.25, 0.3) is 0 Å². The van der Waals surface area contributed by atoms with Gasteiger partial charge in [-0.05, 0) is 93.8 Å². The first kappa shape index (κ1) is 23.3. The predicted molar refractivity (Wildman–Crippen MR) is 128 cm³/mol. The van der Waals surface area contributed by atoms with Crippen LogP contribution in [0.4, 0.5) is 11.4 Å². The van der Waals surface area contributed by atoms with Gasteiger partial charge in [-0.1, -0.05) is 23.8 Å². The lowest BCUT2D eigenvalue weighted by atomic mass is 10.1. The summed E-state index contributed by atoms with van der Waals surface area (Å²) < 4.78 is 33.6. The maximum atomic E-state index is 12.6. The molecule has 1 unspecified atom stereocenters. The van der Waals surface area contributed by atoms with Crippen LogP contribution in [0, 0.1) is 27.7 Å². The van der Waals surface area contributed by atoms with Gasteiger partial charge in [-0.3, -0.25) is 9.52 Å². The van der Waals surface area contributed by atoms with E-state index in [-0.39, 0.29) is 10.8 Å². The maximum Gasteiger partial charge on any atom is 0.265 e. The third-order valence-corrected chi connectivity index (χ3v) is 6.57. The zero-order valence-electron chi connectivity index (χ0n) is 18.9. The molecule has 3 aromatic rings. The van der Waals surface area contributed by atoms with E-state index in [1.54, 1.807) is 31.2 Å². The van der Waals surface area contributed by atoms with Crippen molar-refractivity contribution in [2.45, 2.75) is 45.6 Å². The lowest BCUT2D eigenvalue weighted by molar-refractivity contribution is -0.122. The SMILES string of the molecule is Cc1ccc(NS(=O)(=O)c2ccc(NC(=O)C(C)Oc3cc(C)cc(C)c3C)cc2)cc1. The molecule has 0 aliphatic heterocycles. The fraction of sp³-hybridized carbons (Fsp3) is 0.240. The zero-order chi connectivity index (χ0) is 23.5. The van der Waals surface area contributed by atoms with Crippen LogP contribution in [-0.4, -0.2) is 20.4 Å². The molecule has 7 heteroatoms. The maximum absolute atomic E-state index is 12.6. The fourth-order valence-electron chi connectivity index (χ4n) is 3.16. The summed E-state index contributed by atoms with van der Waals surface area (Å²) in [5.41, 5.74) is 5.16. The summed E-state index contributed by atoms with van der Waals surface area (Å²) in [6, 6.07) is 17.1. The van der Waals surface area contributed by atoms with Crippen LogP contribution >= 0.6 is 0 Å². The molecule has 0 aliphatic carbocycles. The number of hydrogen-bond donors (Lipinski definition) is 2. The van der Waals surface area contributed by atoms with Gasteiger partial charge in [-0.25, -0.2) is 8.42 Å². The number of hydrogen-bond acceptors (Lipinski definition) is 4. The number of sulfonamides is 1. The molecule has 0 fully saturated rings. The molecule has 2 N–H and O–H groups in total. The first-order valence-electron chi connectivity index (χ1n) is 10.3. The van der Waals surface area contributed by atoms with Crippen molar-refractivity contribution in [1.82, 2.24) is 0 Å². The van der Waals surface area contributed by atoms with Gasteiger partial charge in [0.15, 0.2) is 6.10 Å². The van der Waals surface area contributed by atoms with Gasteiger partial charge in [0.1, 0.15) is 5.75 Å². The molecule has 0 heterocycles. The summed E-state index contributed by atoms with van der Waals surface area (Å²) >= 11 is 0. The Hall–Kier alpha value is -3.32. The van der Waals surface area contributed by atoms with E-state index in [9.17, 15) is 13.2 Å².